The zero-order valence-corrected chi connectivity index (χ0v) is 18.8. The molecule has 1 aromatic heterocycles. The predicted molar refractivity (Wildman–Crippen MR) is 120 cm³/mol. The van der Waals surface area contributed by atoms with Crippen molar-refractivity contribution in [2.75, 3.05) is 47.4 Å². The third kappa shape index (κ3) is 4.92. The summed E-state index contributed by atoms with van der Waals surface area (Å²) in [5.74, 6) is 4.79. The SMILES string of the molecule is CN=C(NCc1nnc2n1CCCC2)N1CCN(Cc2cc(OC)ccc2OC)CC1. The number of benzene rings is 1. The topological polar surface area (TPSA) is 80.0 Å². The smallest absolute Gasteiger partial charge is 0.194 e. The maximum Gasteiger partial charge on any atom is 0.194 e. The molecule has 0 spiro atoms. The van der Waals surface area contributed by atoms with E-state index in [4.69, 9.17) is 9.47 Å². The second-order valence-corrected chi connectivity index (χ2v) is 7.98. The lowest BCUT2D eigenvalue weighted by Gasteiger charge is -2.36. The second kappa shape index (κ2) is 10.00. The van der Waals surface area contributed by atoms with E-state index in [9.17, 15) is 0 Å². The monoisotopic (exact) mass is 427 g/mol. The number of guanidine groups is 1. The van der Waals surface area contributed by atoms with E-state index in [1.807, 2.05) is 19.2 Å². The molecule has 168 valence electrons. The van der Waals surface area contributed by atoms with Gasteiger partial charge in [-0.2, -0.15) is 0 Å². The van der Waals surface area contributed by atoms with E-state index in [0.29, 0.717) is 6.54 Å². The molecule has 4 rings (SSSR count). The van der Waals surface area contributed by atoms with Crippen molar-refractivity contribution in [2.45, 2.75) is 38.9 Å². The minimum Gasteiger partial charge on any atom is -0.497 e. The standard InChI is InChI=1S/C22H33N7O2/c1-23-22(24-15-21-26-25-20-6-4-5-9-29(20)21)28-12-10-27(11-13-28)16-17-14-18(30-2)7-8-19(17)31-3/h7-8,14H,4-6,9-13,15-16H2,1-3H3,(H,23,24). The average Bonchev–Trinajstić information content (AvgIpc) is 3.23. The summed E-state index contributed by atoms with van der Waals surface area (Å²) in [4.78, 5) is 9.25. The number of hydrogen-bond acceptors (Lipinski definition) is 6. The van der Waals surface area contributed by atoms with Gasteiger partial charge in [0.15, 0.2) is 11.8 Å². The van der Waals surface area contributed by atoms with Crippen LogP contribution < -0.4 is 14.8 Å². The Kier molecular flexibility index (Phi) is 6.91. The summed E-state index contributed by atoms with van der Waals surface area (Å²) < 4.78 is 13.2. The van der Waals surface area contributed by atoms with Crippen LogP contribution in [0.25, 0.3) is 0 Å². The fraction of sp³-hybridized carbons (Fsp3) is 0.591. The van der Waals surface area contributed by atoms with Crippen LogP contribution >= 0.6 is 0 Å². The van der Waals surface area contributed by atoms with Crippen molar-refractivity contribution in [3.05, 3.63) is 35.4 Å². The normalized spacial score (nSPS) is 17.4. The first-order valence-electron chi connectivity index (χ1n) is 11.0. The number of methoxy groups -OCH3 is 2. The molecule has 1 saturated heterocycles. The molecular formula is C22H33N7O2. The van der Waals surface area contributed by atoms with Crippen molar-refractivity contribution in [2.24, 2.45) is 4.99 Å². The molecule has 0 saturated carbocycles. The Morgan fingerprint density at radius 1 is 1.06 bits per heavy atom. The van der Waals surface area contributed by atoms with Crippen molar-refractivity contribution < 1.29 is 9.47 Å². The number of piperazine rings is 1. The summed E-state index contributed by atoms with van der Waals surface area (Å²) >= 11 is 0. The van der Waals surface area contributed by atoms with Gasteiger partial charge in [0, 0.05) is 58.3 Å². The van der Waals surface area contributed by atoms with Crippen molar-refractivity contribution >= 4 is 5.96 Å². The Morgan fingerprint density at radius 3 is 2.65 bits per heavy atom. The fourth-order valence-electron chi connectivity index (χ4n) is 4.35. The third-order valence-electron chi connectivity index (χ3n) is 6.11. The largest absolute Gasteiger partial charge is 0.497 e. The van der Waals surface area contributed by atoms with E-state index in [1.54, 1.807) is 14.2 Å². The lowest BCUT2D eigenvalue weighted by Crippen LogP contribution is -2.52. The molecular weight excluding hydrogens is 394 g/mol. The Bertz CT molecular complexity index is 903. The zero-order chi connectivity index (χ0) is 21.6. The summed E-state index contributed by atoms with van der Waals surface area (Å²) in [5.41, 5.74) is 1.15. The minimum absolute atomic E-state index is 0.654. The molecule has 0 radical (unpaired) electrons. The van der Waals surface area contributed by atoms with Crippen molar-refractivity contribution in [1.29, 1.82) is 0 Å². The Labute approximate surface area is 184 Å². The molecule has 2 aromatic rings. The van der Waals surface area contributed by atoms with Crippen LogP contribution in [0.15, 0.2) is 23.2 Å². The van der Waals surface area contributed by atoms with E-state index in [-0.39, 0.29) is 0 Å². The molecule has 0 bridgehead atoms. The highest BCUT2D eigenvalue weighted by atomic mass is 16.5. The molecule has 2 aliphatic heterocycles. The van der Waals surface area contributed by atoms with E-state index in [0.717, 1.165) is 80.4 Å². The van der Waals surface area contributed by atoms with Gasteiger partial charge in [-0.1, -0.05) is 0 Å². The van der Waals surface area contributed by atoms with Gasteiger partial charge < -0.3 is 24.3 Å². The molecule has 3 heterocycles. The fourth-order valence-corrected chi connectivity index (χ4v) is 4.35. The minimum atomic E-state index is 0.654. The highest BCUT2D eigenvalue weighted by Gasteiger charge is 2.22. The van der Waals surface area contributed by atoms with Crippen molar-refractivity contribution in [1.82, 2.24) is 29.9 Å². The maximum atomic E-state index is 5.54. The van der Waals surface area contributed by atoms with E-state index in [2.05, 4.69) is 40.9 Å². The number of ether oxygens (including phenoxy) is 2. The van der Waals surface area contributed by atoms with Gasteiger partial charge in [0.2, 0.25) is 0 Å². The number of aromatic nitrogens is 3. The molecule has 1 N–H and O–H groups in total. The third-order valence-corrected chi connectivity index (χ3v) is 6.11. The average molecular weight is 428 g/mol. The highest BCUT2D eigenvalue weighted by molar-refractivity contribution is 5.79. The summed E-state index contributed by atoms with van der Waals surface area (Å²) in [7, 11) is 5.25. The van der Waals surface area contributed by atoms with Crippen LogP contribution in [0.3, 0.4) is 0 Å². The Hall–Kier alpha value is -2.81. The number of rotatable bonds is 6. The molecule has 0 amide bonds. The van der Waals surface area contributed by atoms with Crippen LogP contribution in [0, 0.1) is 0 Å². The molecule has 31 heavy (non-hydrogen) atoms. The number of nitrogens with one attached hydrogen (secondary N) is 1. The zero-order valence-electron chi connectivity index (χ0n) is 18.8. The van der Waals surface area contributed by atoms with Crippen molar-refractivity contribution in [3.8, 4) is 11.5 Å². The number of fused-ring (bicyclic) bond motifs is 1. The summed E-state index contributed by atoms with van der Waals surface area (Å²) in [6, 6.07) is 5.97. The first kappa shape index (κ1) is 21.4. The van der Waals surface area contributed by atoms with Crippen molar-refractivity contribution in [3.63, 3.8) is 0 Å². The second-order valence-electron chi connectivity index (χ2n) is 7.98. The van der Waals surface area contributed by atoms with Crippen LogP contribution in [0.2, 0.25) is 0 Å². The first-order valence-corrected chi connectivity index (χ1v) is 11.0. The summed E-state index contributed by atoms with van der Waals surface area (Å²) in [6.45, 7) is 6.27. The van der Waals surface area contributed by atoms with Gasteiger partial charge in [-0.05, 0) is 31.0 Å². The molecule has 0 unspecified atom stereocenters. The van der Waals surface area contributed by atoms with Gasteiger partial charge in [-0.3, -0.25) is 9.89 Å². The van der Waals surface area contributed by atoms with Gasteiger partial charge in [-0.15, -0.1) is 10.2 Å². The van der Waals surface area contributed by atoms with E-state index < -0.39 is 0 Å². The number of hydrogen-bond donors (Lipinski definition) is 1. The molecule has 9 nitrogen and oxygen atoms in total. The van der Waals surface area contributed by atoms with Crippen LogP contribution in [-0.4, -0.2) is 78.0 Å². The molecule has 1 fully saturated rings. The maximum absolute atomic E-state index is 5.54. The molecule has 1 aromatic carbocycles. The van der Waals surface area contributed by atoms with Crippen LogP contribution in [-0.2, 0) is 26.1 Å². The van der Waals surface area contributed by atoms with E-state index in [1.165, 1.54) is 12.8 Å². The number of nitrogens with zero attached hydrogens (tertiary/aromatic N) is 6. The van der Waals surface area contributed by atoms with Gasteiger partial charge in [0.25, 0.3) is 0 Å². The van der Waals surface area contributed by atoms with Gasteiger partial charge >= 0.3 is 0 Å². The van der Waals surface area contributed by atoms with Crippen LogP contribution in [0.5, 0.6) is 11.5 Å². The lowest BCUT2D eigenvalue weighted by atomic mass is 10.1. The molecule has 0 aliphatic carbocycles. The molecule has 9 heteroatoms. The van der Waals surface area contributed by atoms with Crippen LogP contribution in [0.1, 0.15) is 30.1 Å². The predicted octanol–water partition coefficient (Wildman–Crippen LogP) is 1.52. The lowest BCUT2D eigenvalue weighted by molar-refractivity contribution is 0.171. The van der Waals surface area contributed by atoms with Gasteiger partial charge in [0.05, 0.1) is 20.8 Å². The summed E-state index contributed by atoms with van der Waals surface area (Å²) in [5, 5.41) is 12.2. The van der Waals surface area contributed by atoms with Gasteiger partial charge in [-0.25, -0.2) is 0 Å². The number of aliphatic imine (C=N–C) groups is 1. The molecule has 0 atom stereocenters. The van der Waals surface area contributed by atoms with Crippen LogP contribution in [0.4, 0.5) is 0 Å². The Morgan fingerprint density at radius 2 is 1.90 bits per heavy atom. The highest BCUT2D eigenvalue weighted by Crippen LogP contribution is 2.25. The van der Waals surface area contributed by atoms with Gasteiger partial charge in [0.1, 0.15) is 17.3 Å². The summed E-state index contributed by atoms with van der Waals surface area (Å²) in [6.07, 6.45) is 3.44. The van der Waals surface area contributed by atoms with E-state index >= 15 is 0 Å². The Balaban J connectivity index is 1.31. The molecule has 2 aliphatic rings. The quantitative estimate of drug-likeness (QED) is 0.553. The number of aryl methyl sites for hydroxylation is 1. The first-order chi connectivity index (χ1) is 15.2.